The van der Waals surface area contributed by atoms with Crippen LogP contribution in [0.2, 0.25) is 0 Å². The summed E-state index contributed by atoms with van der Waals surface area (Å²) in [5, 5.41) is 4.41. The summed E-state index contributed by atoms with van der Waals surface area (Å²) in [5.41, 5.74) is 4.96. The maximum Gasteiger partial charge on any atom is 0.187 e. The van der Waals surface area contributed by atoms with Crippen molar-refractivity contribution in [2.75, 3.05) is 5.32 Å². The molecule has 0 bridgehead atoms. The topological polar surface area (TPSA) is 24.9 Å². The summed E-state index contributed by atoms with van der Waals surface area (Å²) in [4.78, 5) is 6.21. The Balaban J connectivity index is 1.68. The van der Waals surface area contributed by atoms with Gasteiger partial charge in [-0.1, -0.05) is 24.3 Å². The first-order chi connectivity index (χ1) is 10.3. The van der Waals surface area contributed by atoms with Crippen LogP contribution in [0, 0.1) is 3.57 Å². The van der Waals surface area contributed by atoms with E-state index in [1.807, 2.05) is 0 Å². The van der Waals surface area contributed by atoms with Crippen molar-refractivity contribution in [1.82, 2.24) is 4.98 Å². The number of aryl methyl sites for hydroxylation is 2. The third-order valence-corrected chi connectivity index (χ3v) is 5.44. The van der Waals surface area contributed by atoms with Gasteiger partial charge in [0.05, 0.1) is 5.69 Å². The number of aromatic nitrogens is 1. The normalized spacial score (nSPS) is 12.6. The van der Waals surface area contributed by atoms with E-state index >= 15 is 0 Å². The highest BCUT2D eigenvalue weighted by Crippen LogP contribution is 2.38. The minimum absolute atomic E-state index is 0.984. The summed E-state index contributed by atoms with van der Waals surface area (Å²) in [6, 6.07) is 17.0. The highest BCUT2D eigenvalue weighted by molar-refractivity contribution is 14.1. The predicted octanol–water partition coefficient (Wildman–Crippen LogP) is 5.26. The fraction of sp³-hybridized carbons (Fsp3) is 0.118. The minimum Gasteiger partial charge on any atom is -0.332 e. The fourth-order valence-electron chi connectivity index (χ4n) is 2.66. The molecule has 21 heavy (non-hydrogen) atoms. The van der Waals surface area contributed by atoms with Gasteiger partial charge in [-0.25, -0.2) is 4.98 Å². The number of nitrogens with one attached hydrogen (secondary N) is 1. The van der Waals surface area contributed by atoms with Crippen molar-refractivity contribution in [2.45, 2.75) is 12.8 Å². The first-order valence-corrected chi connectivity index (χ1v) is 8.80. The molecule has 4 heteroatoms. The van der Waals surface area contributed by atoms with E-state index in [4.69, 9.17) is 4.98 Å². The van der Waals surface area contributed by atoms with E-state index in [0.717, 1.165) is 29.4 Å². The zero-order valence-electron chi connectivity index (χ0n) is 11.3. The summed E-state index contributed by atoms with van der Waals surface area (Å²) >= 11 is 4.09. The van der Waals surface area contributed by atoms with Gasteiger partial charge in [0, 0.05) is 19.7 Å². The Bertz CT molecular complexity index is 793. The lowest BCUT2D eigenvalue weighted by Gasteiger charge is -2.13. The van der Waals surface area contributed by atoms with Crippen molar-refractivity contribution in [3.8, 4) is 11.3 Å². The van der Waals surface area contributed by atoms with Gasteiger partial charge in [-0.05, 0) is 65.3 Å². The number of halogens is 1. The summed E-state index contributed by atoms with van der Waals surface area (Å²) in [7, 11) is 0. The van der Waals surface area contributed by atoms with Gasteiger partial charge in [0.15, 0.2) is 5.13 Å². The molecule has 1 N–H and O–H groups in total. The van der Waals surface area contributed by atoms with Gasteiger partial charge in [-0.2, -0.15) is 0 Å². The van der Waals surface area contributed by atoms with Crippen LogP contribution in [-0.2, 0) is 12.8 Å². The van der Waals surface area contributed by atoms with Crippen LogP contribution in [-0.4, -0.2) is 4.98 Å². The standard InChI is InChI=1S/C17H13IN2S/c18-12-6-8-13(9-7-12)19-17-20-16-14-4-2-1-3-11(14)5-10-15(16)21-17/h1-4,6-9H,5,10H2,(H,19,20). The molecule has 0 spiro atoms. The Hall–Kier alpha value is -1.40. The van der Waals surface area contributed by atoms with Gasteiger partial charge >= 0.3 is 0 Å². The van der Waals surface area contributed by atoms with Crippen LogP contribution in [0.25, 0.3) is 11.3 Å². The third kappa shape index (κ3) is 2.58. The van der Waals surface area contributed by atoms with Crippen molar-refractivity contribution in [1.29, 1.82) is 0 Å². The number of rotatable bonds is 2. The van der Waals surface area contributed by atoms with E-state index in [2.05, 4.69) is 76.4 Å². The number of nitrogens with zero attached hydrogens (tertiary/aromatic N) is 1. The number of anilines is 2. The van der Waals surface area contributed by atoms with Crippen molar-refractivity contribution >= 4 is 44.7 Å². The molecule has 2 nitrogen and oxygen atoms in total. The largest absolute Gasteiger partial charge is 0.332 e. The van der Waals surface area contributed by atoms with Crippen LogP contribution in [0.3, 0.4) is 0 Å². The van der Waals surface area contributed by atoms with Crippen molar-refractivity contribution in [3.05, 3.63) is 62.5 Å². The number of benzene rings is 2. The molecule has 1 aliphatic rings. The molecule has 0 saturated heterocycles. The molecule has 1 heterocycles. The second-order valence-corrected chi connectivity index (χ2v) is 7.41. The molecule has 0 unspecified atom stereocenters. The molecule has 1 aromatic heterocycles. The molecule has 0 saturated carbocycles. The van der Waals surface area contributed by atoms with Crippen molar-refractivity contribution in [3.63, 3.8) is 0 Å². The fourth-order valence-corrected chi connectivity index (χ4v) is 4.01. The molecule has 0 fully saturated rings. The molecule has 0 atom stereocenters. The van der Waals surface area contributed by atoms with Crippen molar-refractivity contribution < 1.29 is 0 Å². The van der Waals surface area contributed by atoms with Crippen LogP contribution < -0.4 is 5.32 Å². The summed E-state index contributed by atoms with van der Waals surface area (Å²) in [5.74, 6) is 0. The van der Waals surface area contributed by atoms with Gasteiger partial charge < -0.3 is 5.32 Å². The number of fused-ring (bicyclic) bond motifs is 3. The van der Waals surface area contributed by atoms with Crippen LogP contribution in [0.1, 0.15) is 10.4 Å². The van der Waals surface area contributed by atoms with Crippen molar-refractivity contribution in [2.24, 2.45) is 0 Å². The molecule has 0 amide bonds. The highest BCUT2D eigenvalue weighted by Gasteiger charge is 2.20. The molecular weight excluding hydrogens is 391 g/mol. The van der Waals surface area contributed by atoms with Gasteiger partial charge in [0.25, 0.3) is 0 Å². The van der Waals surface area contributed by atoms with Gasteiger partial charge in [0.2, 0.25) is 0 Å². The average molecular weight is 404 g/mol. The SMILES string of the molecule is Ic1ccc(Nc2nc3c(s2)CCc2ccccc2-3)cc1. The van der Waals surface area contributed by atoms with Gasteiger partial charge in [-0.15, -0.1) is 11.3 Å². The molecule has 0 radical (unpaired) electrons. The Morgan fingerprint density at radius 3 is 2.67 bits per heavy atom. The molecule has 1 aliphatic carbocycles. The Morgan fingerprint density at radius 2 is 1.81 bits per heavy atom. The molecular formula is C17H13IN2S. The third-order valence-electron chi connectivity index (χ3n) is 3.69. The van der Waals surface area contributed by atoms with Crippen LogP contribution in [0.15, 0.2) is 48.5 Å². The van der Waals surface area contributed by atoms with Crippen LogP contribution in [0.5, 0.6) is 0 Å². The molecule has 3 aromatic rings. The van der Waals surface area contributed by atoms with E-state index in [9.17, 15) is 0 Å². The second kappa shape index (κ2) is 5.42. The van der Waals surface area contributed by atoms with Gasteiger partial charge in [0.1, 0.15) is 0 Å². The number of thiazole rings is 1. The first-order valence-electron chi connectivity index (χ1n) is 6.90. The second-order valence-electron chi connectivity index (χ2n) is 5.08. The molecule has 4 rings (SSSR count). The van der Waals surface area contributed by atoms with E-state index in [1.165, 1.54) is 19.6 Å². The van der Waals surface area contributed by atoms with E-state index in [1.54, 1.807) is 11.3 Å². The predicted molar refractivity (Wildman–Crippen MR) is 97.4 cm³/mol. The molecule has 2 aromatic carbocycles. The molecule has 104 valence electrons. The maximum absolute atomic E-state index is 4.82. The zero-order valence-corrected chi connectivity index (χ0v) is 14.2. The quantitative estimate of drug-likeness (QED) is 0.590. The monoisotopic (exact) mass is 404 g/mol. The number of hydrogen-bond acceptors (Lipinski definition) is 3. The first kappa shape index (κ1) is 13.3. The summed E-state index contributed by atoms with van der Waals surface area (Å²) in [6.07, 6.45) is 2.22. The minimum atomic E-state index is 0.984. The summed E-state index contributed by atoms with van der Waals surface area (Å²) in [6.45, 7) is 0. The smallest absolute Gasteiger partial charge is 0.187 e. The Morgan fingerprint density at radius 1 is 1.00 bits per heavy atom. The summed E-state index contributed by atoms with van der Waals surface area (Å²) < 4.78 is 1.24. The maximum atomic E-state index is 4.82. The highest BCUT2D eigenvalue weighted by atomic mass is 127. The Kier molecular flexibility index (Phi) is 3.43. The lowest BCUT2D eigenvalue weighted by molar-refractivity contribution is 0.955. The number of hydrogen-bond donors (Lipinski definition) is 1. The lowest BCUT2D eigenvalue weighted by Crippen LogP contribution is -2.01. The van der Waals surface area contributed by atoms with E-state index in [-0.39, 0.29) is 0 Å². The Labute approximate surface area is 141 Å². The lowest BCUT2D eigenvalue weighted by atomic mass is 9.94. The van der Waals surface area contributed by atoms with Crippen LogP contribution >= 0.6 is 33.9 Å². The average Bonchev–Trinajstić information content (AvgIpc) is 2.92. The van der Waals surface area contributed by atoms with E-state index < -0.39 is 0 Å². The zero-order chi connectivity index (χ0) is 14.2. The van der Waals surface area contributed by atoms with E-state index in [0.29, 0.717) is 0 Å². The van der Waals surface area contributed by atoms with Gasteiger partial charge in [-0.3, -0.25) is 0 Å². The molecule has 0 aliphatic heterocycles. The van der Waals surface area contributed by atoms with Crippen LogP contribution in [0.4, 0.5) is 10.8 Å².